The SMILES string of the molecule is COc1cc(C(=O)OCC(=O)Nc2ccccc2)ccc1OCc1c(C)noc1C. The van der Waals surface area contributed by atoms with Crippen LogP contribution in [-0.4, -0.2) is 30.7 Å². The maximum Gasteiger partial charge on any atom is 0.338 e. The first kappa shape index (κ1) is 20.9. The van der Waals surface area contributed by atoms with Crippen molar-refractivity contribution in [1.82, 2.24) is 5.16 Å². The van der Waals surface area contributed by atoms with E-state index in [2.05, 4.69) is 10.5 Å². The molecular formula is C22H22N2O6. The molecule has 0 atom stereocenters. The van der Waals surface area contributed by atoms with E-state index in [-0.39, 0.29) is 12.2 Å². The quantitative estimate of drug-likeness (QED) is 0.566. The molecule has 156 valence electrons. The monoisotopic (exact) mass is 410 g/mol. The van der Waals surface area contributed by atoms with E-state index < -0.39 is 18.5 Å². The van der Waals surface area contributed by atoms with Crippen molar-refractivity contribution >= 4 is 17.6 Å². The van der Waals surface area contributed by atoms with Crippen molar-refractivity contribution in [3.05, 3.63) is 71.1 Å². The van der Waals surface area contributed by atoms with E-state index in [4.69, 9.17) is 18.7 Å². The summed E-state index contributed by atoms with van der Waals surface area (Å²) >= 11 is 0. The van der Waals surface area contributed by atoms with Crippen LogP contribution in [-0.2, 0) is 16.1 Å². The summed E-state index contributed by atoms with van der Waals surface area (Å²) in [4.78, 5) is 24.2. The van der Waals surface area contributed by atoms with Crippen LogP contribution in [0.4, 0.5) is 5.69 Å². The number of nitrogens with one attached hydrogen (secondary N) is 1. The molecule has 0 radical (unpaired) electrons. The fraction of sp³-hybridized carbons (Fsp3) is 0.227. The molecule has 3 aromatic rings. The van der Waals surface area contributed by atoms with Gasteiger partial charge in [0.2, 0.25) is 0 Å². The summed E-state index contributed by atoms with van der Waals surface area (Å²) in [5, 5.41) is 6.54. The Balaban J connectivity index is 1.59. The molecule has 0 bridgehead atoms. The summed E-state index contributed by atoms with van der Waals surface area (Å²) in [7, 11) is 1.47. The number of aromatic nitrogens is 1. The second-order valence-corrected chi connectivity index (χ2v) is 6.45. The topological polar surface area (TPSA) is 99.9 Å². The highest BCUT2D eigenvalue weighted by Gasteiger charge is 2.16. The molecule has 0 fully saturated rings. The number of nitrogens with zero attached hydrogens (tertiary/aromatic N) is 1. The van der Waals surface area contributed by atoms with Crippen LogP contribution in [0.2, 0.25) is 0 Å². The molecule has 1 aromatic heterocycles. The van der Waals surface area contributed by atoms with Gasteiger partial charge in [-0.25, -0.2) is 4.79 Å². The van der Waals surface area contributed by atoms with Crippen molar-refractivity contribution in [2.45, 2.75) is 20.5 Å². The van der Waals surface area contributed by atoms with E-state index in [1.165, 1.54) is 13.2 Å². The summed E-state index contributed by atoms with van der Waals surface area (Å²) in [5.41, 5.74) is 2.47. The zero-order valence-corrected chi connectivity index (χ0v) is 16.9. The number of carbonyl (C=O) groups is 2. The van der Waals surface area contributed by atoms with Gasteiger partial charge in [-0.15, -0.1) is 0 Å². The van der Waals surface area contributed by atoms with Crippen LogP contribution < -0.4 is 14.8 Å². The van der Waals surface area contributed by atoms with E-state index in [0.29, 0.717) is 22.9 Å². The molecule has 1 heterocycles. The number of amides is 1. The molecule has 8 nitrogen and oxygen atoms in total. The predicted molar refractivity (Wildman–Crippen MR) is 109 cm³/mol. The van der Waals surface area contributed by atoms with Gasteiger partial charge in [-0.05, 0) is 44.2 Å². The summed E-state index contributed by atoms with van der Waals surface area (Å²) in [6.45, 7) is 3.49. The van der Waals surface area contributed by atoms with Gasteiger partial charge in [-0.1, -0.05) is 23.4 Å². The van der Waals surface area contributed by atoms with Gasteiger partial charge in [0, 0.05) is 5.69 Å². The molecule has 0 aliphatic carbocycles. The van der Waals surface area contributed by atoms with Crippen molar-refractivity contribution in [3.8, 4) is 11.5 Å². The summed E-state index contributed by atoms with van der Waals surface area (Å²) < 4.78 is 21.3. The van der Waals surface area contributed by atoms with Gasteiger partial charge in [0.05, 0.1) is 23.9 Å². The number of hydrogen-bond acceptors (Lipinski definition) is 7. The largest absolute Gasteiger partial charge is 0.493 e. The number of carbonyl (C=O) groups excluding carboxylic acids is 2. The third-order valence-electron chi connectivity index (χ3n) is 4.34. The van der Waals surface area contributed by atoms with Crippen molar-refractivity contribution in [3.63, 3.8) is 0 Å². The highest BCUT2D eigenvalue weighted by Crippen LogP contribution is 2.29. The molecule has 0 unspecified atom stereocenters. The van der Waals surface area contributed by atoms with E-state index in [1.807, 2.05) is 19.9 Å². The van der Waals surface area contributed by atoms with Gasteiger partial charge < -0.3 is 24.1 Å². The lowest BCUT2D eigenvalue weighted by Crippen LogP contribution is -2.20. The lowest BCUT2D eigenvalue weighted by Gasteiger charge is -2.12. The first-order chi connectivity index (χ1) is 14.5. The summed E-state index contributed by atoms with van der Waals surface area (Å²) in [6.07, 6.45) is 0. The highest BCUT2D eigenvalue weighted by atomic mass is 16.5. The Bertz CT molecular complexity index is 1010. The van der Waals surface area contributed by atoms with Gasteiger partial charge in [-0.2, -0.15) is 0 Å². The van der Waals surface area contributed by atoms with Crippen LogP contribution in [0.5, 0.6) is 11.5 Å². The number of methoxy groups -OCH3 is 1. The molecule has 30 heavy (non-hydrogen) atoms. The molecule has 8 heteroatoms. The molecule has 0 aliphatic heterocycles. The number of esters is 1. The lowest BCUT2D eigenvalue weighted by molar-refractivity contribution is -0.119. The first-order valence-electron chi connectivity index (χ1n) is 9.22. The molecule has 0 spiro atoms. The van der Waals surface area contributed by atoms with E-state index >= 15 is 0 Å². The van der Waals surface area contributed by atoms with Crippen LogP contribution in [0.25, 0.3) is 0 Å². The van der Waals surface area contributed by atoms with Crippen LogP contribution in [0.3, 0.4) is 0 Å². The Kier molecular flexibility index (Phi) is 6.69. The highest BCUT2D eigenvalue weighted by molar-refractivity contribution is 5.95. The normalized spacial score (nSPS) is 10.4. The van der Waals surface area contributed by atoms with E-state index in [0.717, 1.165) is 11.3 Å². The Hall–Kier alpha value is -3.81. The summed E-state index contributed by atoms with van der Waals surface area (Å²) in [6, 6.07) is 13.6. The van der Waals surface area contributed by atoms with Gasteiger partial charge in [0.15, 0.2) is 18.1 Å². The smallest absolute Gasteiger partial charge is 0.338 e. The fourth-order valence-electron chi connectivity index (χ4n) is 2.70. The third kappa shape index (κ3) is 5.16. The zero-order valence-electron chi connectivity index (χ0n) is 16.9. The molecule has 0 saturated carbocycles. The van der Waals surface area contributed by atoms with E-state index in [1.54, 1.807) is 36.4 Å². The van der Waals surface area contributed by atoms with E-state index in [9.17, 15) is 9.59 Å². The lowest BCUT2D eigenvalue weighted by atomic mass is 10.2. The number of hydrogen-bond donors (Lipinski definition) is 1. The van der Waals surface area contributed by atoms with Crippen molar-refractivity contribution in [2.24, 2.45) is 0 Å². The number of aryl methyl sites for hydroxylation is 2. The third-order valence-corrected chi connectivity index (χ3v) is 4.34. The molecule has 1 amide bonds. The van der Waals surface area contributed by atoms with Crippen LogP contribution in [0.15, 0.2) is 53.1 Å². The second kappa shape index (κ2) is 9.60. The second-order valence-electron chi connectivity index (χ2n) is 6.45. The minimum atomic E-state index is -0.645. The Morgan fingerprint density at radius 2 is 1.83 bits per heavy atom. The zero-order chi connectivity index (χ0) is 21.5. The number of anilines is 1. The van der Waals surface area contributed by atoms with Crippen molar-refractivity contribution in [2.75, 3.05) is 19.0 Å². The molecule has 0 saturated heterocycles. The average Bonchev–Trinajstić information content (AvgIpc) is 3.08. The fourth-order valence-corrected chi connectivity index (χ4v) is 2.70. The average molecular weight is 410 g/mol. The molecule has 1 N–H and O–H groups in total. The maximum atomic E-state index is 12.3. The minimum absolute atomic E-state index is 0.240. The molecule has 0 aliphatic rings. The van der Waals surface area contributed by atoms with Gasteiger partial charge in [-0.3, -0.25) is 4.79 Å². The maximum absolute atomic E-state index is 12.3. The number of rotatable bonds is 8. The number of benzene rings is 2. The minimum Gasteiger partial charge on any atom is -0.493 e. The molecule has 2 aromatic carbocycles. The summed E-state index contributed by atoms with van der Waals surface area (Å²) in [5.74, 6) is 0.427. The van der Waals surface area contributed by atoms with Crippen LogP contribution >= 0.6 is 0 Å². The van der Waals surface area contributed by atoms with Gasteiger partial charge >= 0.3 is 5.97 Å². The van der Waals surface area contributed by atoms with Crippen molar-refractivity contribution < 1.29 is 28.3 Å². The number of ether oxygens (including phenoxy) is 3. The molecule has 3 rings (SSSR count). The predicted octanol–water partition coefficient (Wildman–Crippen LogP) is 3.67. The van der Waals surface area contributed by atoms with Crippen molar-refractivity contribution in [1.29, 1.82) is 0 Å². The Morgan fingerprint density at radius 1 is 1.07 bits per heavy atom. The van der Waals surface area contributed by atoms with Crippen LogP contribution in [0, 0.1) is 13.8 Å². The standard InChI is InChI=1S/C22H22N2O6/c1-14-18(15(2)30-24-14)12-28-19-10-9-16(11-20(19)27-3)22(26)29-13-21(25)23-17-7-5-4-6-8-17/h4-11H,12-13H2,1-3H3,(H,23,25). The Labute approximate surface area is 173 Å². The van der Waals surface area contributed by atoms with Crippen LogP contribution in [0.1, 0.15) is 27.4 Å². The Morgan fingerprint density at radius 3 is 2.50 bits per heavy atom. The van der Waals surface area contributed by atoms with Gasteiger partial charge in [0.25, 0.3) is 5.91 Å². The first-order valence-corrected chi connectivity index (χ1v) is 9.22. The number of para-hydroxylation sites is 1. The van der Waals surface area contributed by atoms with Gasteiger partial charge in [0.1, 0.15) is 12.4 Å². The molecular weight excluding hydrogens is 388 g/mol.